The predicted molar refractivity (Wildman–Crippen MR) is 99.7 cm³/mol. The van der Waals surface area contributed by atoms with Gasteiger partial charge in [-0.3, -0.25) is 14.9 Å². The quantitative estimate of drug-likeness (QED) is 0.300. The van der Waals surface area contributed by atoms with E-state index in [-0.39, 0.29) is 17.8 Å². The predicted octanol–water partition coefficient (Wildman–Crippen LogP) is 3.98. The summed E-state index contributed by atoms with van der Waals surface area (Å²) in [7, 11) is 0. The summed E-state index contributed by atoms with van der Waals surface area (Å²) < 4.78 is 10.8. The molecule has 0 aliphatic heterocycles. The van der Waals surface area contributed by atoms with Crippen LogP contribution in [-0.4, -0.2) is 10.8 Å². The van der Waals surface area contributed by atoms with Crippen LogP contribution in [0, 0.1) is 28.4 Å². The minimum atomic E-state index is -0.552. The third-order valence-corrected chi connectivity index (χ3v) is 3.97. The van der Waals surface area contributed by atoms with E-state index in [0.29, 0.717) is 28.4 Å². The minimum Gasteiger partial charge on any atom is -0.467 e. The highest BCUT2D eigenvalue weighted by Crippen LogP contribution is 2.29. The van der Waals surface area contributed by atoms with Crippen LogP contribution in [0.2, 0.25) is 0 Å². The second-order valence-electron chi connectivity index (χ2n) is 5.89. The van der Waals surface area contributed by atoms with Crippen LogP contribution in [0.1, 0.15) is 17.1 Å². The van der Waals surface area contributed by atoms with Gasteiger partial charge >= 0.3 is 0 Å². The van der Waals surface area contributed by atoms with Crippen LogP contribution in [0.5, 0.6) is 0 Å². The van der Waals surface area contributed by atoms with Gasteiger partial charge in [-0.1, -0.05) is 0 Å². The number of nitrogens with one attached hydrogen (secondary N) is 1. The van der Waals surface area contributed by atoms with Crippen molar-refractivity contribution in [3.8, 4) is 17.4 Å². The third kappa shape index (κ3) is 4.16. The number of non-ortho nitro benzene ring substituents is 1. The summed E-state index contributed by atoms with van der Waals surface area (Å²) in [6.07, 6.45) is 2.83. The van der Waals surface area contributed by atoms with Crippen molar-refractivity contribution in [1.29, 1.82) is 5.26 Å². The van der Waals surface area contributed by atoms with Crippen LogP contribution in [0.3, 0.4) is 0 Å². The number of carbonyl (C=O) groups is 1. The zero-order valence-corrected chi connectivity index (χ0v) is 14.8. The van der Waals surface area contributed by atoms with E-state index in [4.69, 9.17) is 8.83 Å². The summed E-state index contributed by atoms with van der Waals surface area (Å²) in [6, 6.07) is 13.0. The third-order valence-electron chi connectivity index (χ3n) is 3.97. The van der Waals surface area contributed by atoms with Gasteiger partial charge in [-0.25, -0.2) is 0 Å². The first-order chi connectivity index (χ1) is 13.5. The molecule has 0 spiro atoms. The summed E-state index contributed by atoms with van der Waals surface area (Å²) in [6.45, 7) is 1.90. The monoisotopic (exact) mass is 377 g/mol. The number of nitro benzene ring substituents is 1. The summed E-state index contributed by atoms with van der Waals surface area (Å²) in [5.74, 6) is 0.812. The number of benzene rings is 1. The molecule has 0 fully saturated rings. The van der Waals surface area contributed by atoms with Crippen LogP contribution in [0.15, 0.2) is 63.1 Å². The Balaban J connectivity index is 1.77. The van der Waals surface area contributed by atoms with Crippen molar-refractivity contribution in [2.75, 3.05) is 0 Å². The van der Waals surface area contributed by atoms with E-state index in [2.05, 4.69) is 5.32 Å². The van der Waals surface area contributed by atoms with Gasteiger partial charge in [-0.2, -0.15) is 5.26 Å². The minimum absolute atomic E-state index is 0.00656. The van der Waals surface area contributed by atoms with Crippen LogP contribution in [0.4, 0.5) is 5.69 Å². The Hall–Kier alpha value is -4.12. The maximum atomic E-state index is 12.2. The molecule has 0 bridgehead atoms. The van der Waals surface area contributed by atoms with Gasteiger partial charge in [-0.05, 0) is 42.8 Å². The van der Waals surface area contributed by atoms with Crippen molar-refractivity contribution in [2.45, 2.75) is 13.5 Å². The van der Waals surface area contributed by atoms with Crippen LogP contribution in [-0.2, 0) is 11.3 Å². The average molecular weight is 377 g/mol. The fourth-order valence-corrected chi connectivity index (χ4v) is 2.58. The molecule has 3 rings (SSSR count). The first-order valence-corrected chi connectivity index (χ1v) is 8.25. The van der Waals surface area contributed by atoms with Crippen molar-refractivity contribution in [3.05, 3.63) is 81.5 Å². The number of carbonyl (C=O) groups excluding carboxylic acids is 1. The van der Waals surface area contributed by atoms with Gasteiger partial charge < -0.3 is 14.2 Å². The summed E-state index contributed by atoms with van der Waals surface area (Å²) in [4.78, 5) is 22.5. The van der Waals surface area contributed by atoms with Crippen LogP contribution < -0.4 is 5.32 Å². The van der Waals surface area contributed by atoms with E-state index in [0.717, 1.165) is 0 Å². The highest BCUT2D eigenvalue weighted by Gasteiger charge is 2.14. The van der Waals surface area contributed by atoms with Crippen molar-refractivity contribution < 1.29 is 18.6 Å². The molecular formula is C20H15N3O5. The molecule has 2 heterocycles. The lowest BCUT2D eigenvalue weighted by Crippen LogP contribution is -2.23. The molecule has 0 aliphatic rings. The second-order valence-corrected chi connectivity index (χ2v) is 5.89. The number of rotatable bonds is 6. The van der Waals surface area contributed by atoms with Gasteiger partial charge in [0, 0.05) is 23.8 Å². The van der Waals surface area contributed by atoms with Gasteiger partial charge in [0.2, 0.25) is 0 Å². The Morgan fingerprint density at radius 2 is 2.14 bits per heavy atom. The van der Waals surface area contributed by atoms with E-state index in [1.54, 1.807) is 37.3 Å². The van der Waals surface area contributed by atoms with Crippen molar-refractivity contribution >= 4 is 17.7 Å². The molecule has 8 nitrogen and oxygen atoms in total. The molecule has 1 aromatic carbocycles. The molecule has 0 saturated carbocycles. The smallest absolute Gasteiger partial charge is 0.269 e. The van der Waals surface area contributed by atoms with Gasteiger partial charge in [0.15, 0.2) is 0 Å². The average Bonchev–Trinajstić information content (AvgIpc) is 3.36. The normalized spacial score (nSPS) is 11.1. The number of nitrogens with zero attached hydrogens (tertiary/aromatic N) is 2. The van der Waals surface area contributed by atoms with Crippen molar-refractivity contribution in [3.63, 3.8) is 0 Å². The molecule has 3 aromatic rings. The van der Waals surface area contributed by atoms with E-state index < -0.39 is 10.8 Å². The lowest BCUT2D eigenvalue weighted by molar-refractivity contribution is -0.384. The van der Waals surface area contributed by atoms with E-state index in [9.17, 15) is 20.2 Å². The molecule has 1 amide bonds. The zero-order valence-electron chi connectivity index (χ0n) is 14.8. The Morgan fingerprint density at radius 1 is 1.32 bits per heavy atom. The number of furan rings is 2. The molecule has 140 valence electrons. The molecule has 0 aliphatic carbocycles. The molecule has 2 aromatic heterocycles. The maximum Gasteiger partial charge on any atom is 0.269 e. The van der Waals surface area contributed by atoms with Crippen LogP contribution in [0.25, 0.3) is 17.4 Å². The van der Waals surface area contributed by atoms with E-state index in [1.165, 1.54) is 24.5 Å². The first-order valence-electron chi connectivity index (χ1n) is 8.25. The Kier molecular flexibility index (Phi) is 5.37. The van der Waals surface area contributed by atoms with Gasteiger partial charge in [0.1, 0.15) is 28.9 Å². The molecule has 28 heavy (non-hydrogen) atoms. The summed E-state index contributed by atoms with van der Waals surface area (Å²) in [5, 5.41) is 22.7. The highest BCUT2D eigenvalue weighted by molar-refractivity contribution is 6.01. The zero-order chi connectivity index (χ0) is 20.1. The van der Waals surface area contributed by atoms with Gasteiger partial charge in [0.25, 0.3) is 11.6 Å². The fourth-order valence-electron chi connectivity index (χ4n) is 2.58. The number of hydrogen-bond acceptors (Lipinski definition) is 6. The first kappa shape index (κ1) is 18.7. The molecule has 1 N–H and O–H groups in total. The lowest BCUT2D eigenvalue weighted by Gasteiger charge is -2.02. The molecule has 8 heteroatoms. The highest BCUT2D eigenvalue weighted by atomic mass is 16.6. The SMILES string of the molecule is Cc1cc([N+](=O)[O-])ccc1-c1ccc(/C=C(\C#N)C(=O)NCc2ccco2)o1. The molecule has 0 saturated heterocycles. The van der Waals surface area contributed by atoms with Crippen molar-refractivity contribution in [1.82, 2.24) is 5.32 Å². The fraction of sp³-hybridized carbons (Fsp3) is 0.100. The lowest BCUT2D eigenvalue weighted by atomic mass is 10.1. The number of nitro groups is 1. The Morgan fingerprint density at radius 3 is 2.79 bits per heavy atom. The largest absolute Gasteiger partial charge is 0.467 e. The summed E-state index contributed by atoms with van der Waals surface area (Å²) >= 11 is 0. The number of aryl methyl sites for hydroxylation is 1. The van der Waals surface area contributed by atoms with Gasteiger partial charge in [0.05, 0.1) is 17.7 Å². The number of amides is 1. The number of hydrogen-bond donors (Lipinski definition) is 1. The molecule has 0 radical (unpaired) electrons. The standard InChI is InChI=1S/C20H15N3O5/c1-13-9-15(23(25)26)4-6-18(13)19-7-5-16(28-19)10-14(11-21)20(24)22-12-17-3-2-8-27-17/h2-10H,12H2,1H3,(H,22,24)/b14-10+. The second kappa shape index (κ2) is 8.05. The molecular weight excluding hydrogens is 362 g/mol. The molecule has 0 unspecified atom stereocenters. The molecule has 0 atom stereocenters. The van der Waals surface area contributed by atoms with Crippen molar-refractivity contribution in [2.24, 2.45) is 0 Å². The Labute approximate surface area is 159 Å². The summed E-state index contributed by atoms with van der Waals surface area (Å²) in [5.41, 5.74) is 1.24. The number of nitriles is 1. The van der Waals surface area contributed by atoms with Crippen LogP contribution >= 0.6 is 0 Å². The van der Waals surface area contributed by atoms with E-state index in [1.807, 2.05) is 6.07 Å². The van der Waals surface area contributed by atoms with E-state index >= 15 is 0 Å². The topological polar surface area (TPSA) is 122 Å². The Bertz CT molecular complexity index is 1090. The maximum absolute atomic E-state index is 12.2. The van der Waals surface area contributed by atoms with Gasteiger partial charge in [-0.15, -0.1) is 0 Å².